The van der Waals surface area contributed by atoms with Crippen LogP contribution in [-0.4, -0.2) is 15.0 Å². The van der Waals surface area contributed by atoms with Crippen LogP contribution in [0.1, 0.15) is 30.9 Å². The lowest BCUT2D eigenvalue weighted by Crippen LogP contribution is -1.89. The quantitative estimate of drug-likeness (QED) is 0.765. The summed E-state index contributed by atoms with van der Waals surface area (Å²) in [5.74, 6) is 0.840. The van der Waals surface area contributed by atoms with Crippen LogP contribution in [0.5, 0.6) is 0 Å². The average molecular weight is 265 g/mol. The van der Waals surface area contributed by atoms with E-state index < -0.39 is 0 Å². The molecule has 0 aliphatic rings. The molecule has 1 N–H and O–H groups in total. The van der Waals surface area contributed by atoms with E-state index in [0.717, 1.165) is 29.0 Å². The summed E-state index contributed by atoms with van der Waals surface area (Å²) in [5, 5.41) is 0. The van der Waals surface area contributed by atoms with Gasteiger partial charge in [-0.15, -0.1) is 0 Å². The molecular formula is C17H19N3. The van der Waals surface area contributed by atoms with Crippen LogP contribution in [0.15, 0.2) is 36.5 Å². The Morgan fingerprint density at radius 2 is 2.05 bits per heavy atom. The van der Waals surface area contributed by atoms with E-state index in [1.165, 1.54) is 24.0 Å². The SMILES string of the molecule is CCCCc1ccc(-c2nc3ccc(C)cc3[nH]2)nc1. The van der Waals surface area contributed by atoms with Gasteiger partial charge >= 0.3 is 0 Å². The van der Waals surface area contributed by atoms with E-state index in [1.807, 2.05) is 12.3 Å². The first-order chi connectivity index (χ1) is 9.76. The van der Waals surface area contributed by atoms with Crippen LogP contribution in [-0.2, 0) is 6.42 Å². The number of nitrogens with one attached hydrogen (secondary N) is 1. The molecule has 0 spiro atoms. The number of imidazole rings is 1. The van der Waals surface area contributed by atoms with Gasteiger partial charge in [-0.3, -0.25) is 4.98 Å². The summed E-state index contributed by atoms with van der Waals surface area (Å²) in [6.07, 6.45) is 5.49. The fourth-order valence-electron chi connectivity index (χ4n) is 2.34. The lowest BCUT2D eigenvalue weighted by molar-refractivity contribution is 0.792. The third-order valence-corrected chi connectivity index (χ3v) is 3.52. The molecule has 1 aromatic carbocycles. The van der Waals surface area contributed by atoms with Gasteiger partial charge in [-0.1, -0.05) is 25.5 Å². The minimum Gasteiger partial charge on any atom is -0.337 e. The van der Waals surface area contributed by atoms with Crippen LogP contribution in [0, 0.1) is 6.92 Å². The molecule has 3 rings (SSSR count). The van der Waals surface area contributed by atoms with Gasteiger partial charge in [0.2, 0.25) is 0 Å². The van der Waals surface area contributed by atoms with E-state index in [4.69, 9.17) is 0 Å². The number of hydrogen-bond donors (Lipinski definition) is 1. The van der Waals surface area contributed by atoms with Crippen LogP contribution in [0.4, 0.5) is 0 Å². The molecule has 20 heavy (non-hydrogen) atoms. The zero-order chi connectivity index (χ0) is 13.9. The number of nitrogens with zero attached hydrogens (tertiary/aromatic N) is 2. The standard InChI is InChI=1S/C17H19N3/c1-3-4-5-13-7-9-15(18-11-13)17-19-14-8-6-12(2)10-16(14)20-17/h6-11H,3-5H2,1-2H3,(H,19,20). The fourth-order valence-corrected chi connectivity index (χ4v) is 2.34. The van der Waals surface area contributed by atoms with Gasteiger partial charge < -0.3 is 4.98 Å². The van der Waals surface area contributed by atoms with Gasteiger partial charge in [-0.05, 0) is 49.1 Å². The summed E-state index contributed by atoms with van der Waals surface area (Å²) in [4.78, 5) is 12.5. The second-order valence-electron chi connectivity index (χ2n) is 5.26. The number of H-pyrrole nitrogens is 1. The highest BCUT2D eigenvalue weighted by molar-refractivity contribution is 5.79. The Bertz CT molecular complexity index is 711. The number of aryl methyl sites for hydroxylation is 2. The van der Waals surface area contributed by atoms with Crippen LogP contribution in [0.2, 0.25) is 0 Å². The zero-order valence-corrected chi connectivity index (χ0v) is 12.0. The molecule has 3 heteroatoms. The molecule has 0 aliphatic heterocycles. The Morgan fingerprint density at radius 3 is 2.80 bits per heavy atom. The van der Waals surface area contributed by atoms with E-state index in [2.05, 4.69) is 53.1 Å². The predicted molar refractivity (Wildman–Crippen MR) is 82.7 cm³/mol. The number of fused-ring (bicyclic) bond motifs is 1. The highest BCUT2D eigenvalue weighted by Crippen LogP contribution is 2.20. The van der Waals surface area contributed by atoms with Crippen LogP contribution >= 0.6 is 0 Å². The van der Waals surface area contributed by atoms with Crippen molar-refractivity contribution in [3.63, 3.8) is 0 Å². The molecule has 2 aromatic heterocycles. The second-order valence-corrected chi connectivity index (χ2v) is 5.26. The number of rotatable bonds is 4. The first-order valence-corrected chi connectivity index (χ1v) is 7.18. The zero-order valence-electron chi connectivity index (χ0n) is 12.0. The summed E-state index contributed by atoms with van der Waals surface area (Å²) in [7, 11) is 0. The maximum absolute atomic E-state index is 4.60. The molecule has 0 saturated carbocycles. The van der Waals surface area contributed by atoms with Crippen molar-refractivity contribution >= 4 is 11.0 Å². The van der Waals surface area contributed by atoms with Crippen molar-refractivity contribution in [1.82, 2.24) is 15.0 Å². The number of aromatic nitrogens is 3. The molecule has 0 bridgehead atoms. The molecule has 0 amide bonds. The molecule has 3 aromatic rings. The molecule has 102 valence electrons. The van der Waals surface area contributed by atoms with Gasteiger partial charge in [0, 0.05) is 6.20 Å². The second kappa shape index (κ2) is 5.45. The average Bonchev–Trinajstić information content (AvgIpc) is 2.88. The maximum atomic E-state index is 4.60. The molecule has 0 atom stereocenters. The van der Waals surface area contributed by atoms with Gasteiger partial charge in [-0.25, -0.2) is 4.98 Å². The third kappa shape index (κ3) is 2.57. The van der Waals surface area contributed by atoms with Crippen molar-refractivity contribution in [3.05, 3.63) is 47.7 Å². The molecule has 0 fully saturated rings. The predicted octanol–water partition coefficient (Wildman–Crippen LogP) is 4.28. The summed E-state index contributed by atoms with van der Waals surface area (Å²) in [5.41, 5.74) is 5.48. The van der Waals surface area contributed by atoms with E-state index in [-0.39, 0.29) is 0 Å². The topological polar surface area (TPSA) is 41.6 Å². The minimum atomic E-state index is 0.840. The van der Waals surface area contributed by atoms with Crippen molar-refractivity contribution in [2.24, 2.45) is 0 Å². The first-order valence-electron chi connectivity index (χ1n) is 7.18. The van der Waals surface area contributed by atoms with Crippen LogP contribution in [0.3, 0.4) is 0 Å². The monoisotopic (exact) mass is 265 g/mol. The van der Waals surface area contributed by atoms with Crippen LogP contribution in [0.25, 0.3) is 22.6 Å². The number of aromatic amines is 1. The van der Waals surface area contributed by atoms with Gasteiger partial charge in [0.1, 0.15) is 5.69 Å². The Hall–Kier alpha value is -2.16. The number of hydrogen-bond acceptors (Lipinski definition) is 2. The van der Waals surface area contributed by atoms with E-state index in [1.54, 1.807) is 0 Å². The van der Waals surface area contributed by atoms with Gasteiger partial charge in [0.05, 0.1) is 11.0 Å². The van der Waals surface area contributed by atoms with E-state index >= 15 is 0 Å². The normalized spacial score (nSPS) is 11.1. The molecule has 0 radical (unpaired) electrons. The van der Waals surface area contributed by atoms with Crippen molar-refractivity contribution in [2.45, 2.75) is 33.1 Å². The van der Waals surface area contributed by atoms with Gasteiger partial charge in [0.15, 0.2) is 5.82 Å². The summed E-state index contributed by atoms with van der Waals surface area (Å²) in [6.45, 7) is 4.29. The summed E-state index contributed by atoms with van der Waals surface area (Å²) >= 11 is 0. The number of pyridine rings is 1. The number of benzene rings is 1. The molecule has 0 aliphatic carbocycles. The third-order valence-electron chi connectivity index (χ3n) is 3.52. The Balaban J connectivity index is 1.90. The first kappa shape index (κ1) is 12.9. The Morgan fingerprint density at radius 1 is 1.15 bits per heavy atom. The number of unbranched alkanes of at least 4 members (excludes halogenated alkanes) is 1. The summed E-state index contributed by atoms with van der Waals surface area (Å²) in [6, 6.07) is 10.4. The Labute approximate surface area is 119 Å². The van der Waals surface area contributed by atoms with E-state index in [0.29, 0.717) is 0 Å². The van der Waals surface area contributed by atoms with Gasteiger partial charge in [-0.2, -0.15) is 0 Å². The smallest absolute Gasteiger partial charge is 0.157 e. The Kier molecular flexibility index (Phi) is 3.50. The maximum Gasteiger partial charge on any atom is 0.157 e. The molecule has 0 unspecified atom stereocenters. The lowest BCUT2D eigenvalue weighted by Gasteiger charge is -2.00. The van der Waals surface area contributed by atoms with Crippen LogP contribution < -0.4 is 0 Å². The minimum absolute atomic E-state index is 0.840. The van der Waals surface area contributed by atoms with E-state index in [9.17, 15) is 0 Å². The van der Waals surface area contributed by atoms with Crippen molar-refractivity contribution in [3.8, 4) is 11.5 Å². The molecule has 0 saturated heterocycles. The molecule has 2 heterocycles. The van der Waals surface area contributed by atoms with Crippen molar-refractivity contribution < 1.29 is 0 Å². The van der Waals surface area contributed by atoms with Crippen molar-refractivity contribution in [2.75, 3.05) is 0 Å². The summed E-state index contributed by atoms with van der Waals surface area (Å²) < 4.78 is 0. The van der Waals surface area contributed by atoms with Crippen molar-refractivity contribution in [1.29, 1.82) is 0 Å². The largest absolute Gasteiger partial charge is 0.337 e. The lowest BCUT2D eigenvalue weighted by atomic mass is 10.1. The van der Waals surface area contributed by atoms with Gasteiger partial charge in [0.25, 0.3) is 0 Å². The molecular weight excluding hydrogens is 246 g/mol. The fraction of sp³-hybridized carbons (Fsp3) is 0.294. The highest BCUT2D eigenvalue weighted by Gasteiger charge is 2.06. The molecule has 3 nitrogen and oxygen atoms in total. The highest BCUT2D eigenvalue weighted by atomic mass is 14.9.